The maximum absolute atomic E-state index is 9.92. The number of hydrogen-bond donors (Lipinski definition) is 3. The highest BCUT2D eigenvalue weighted by molar-refractivity contribution is 5.54. The molecule has 3 rings (SSSR count). The van der Waals surface area contributed by atoms with E-state index >= 15 is 0 Å². The highest BCUT2D eigenvalue weighted by Crippen LogP contribution is 2.42. The quantitative estimate of drug-likeness (QED) is 0.677. The van der Waals surface area contributed by atoms with Crippen molar-refractivity contribution < 1.29 is 6.53 Å². The van der Waals surface area contributed by atoms with Crippen LogP contribution in [0.3, 0.4) is 0 Å². The van der Waals surface area contributed by atoms with E-state index in [4.69, 9.17) is 0 Å². The number of nitrogens with one attached hydrogen (secondary N) is 2. The first-order valence-electron chi connectivity index (χ1n) is 9.53. The van der Waals surface area contributed by atoms with Gasteiger partial charge in [0.15, 0.2) is 0 Å². The van der Waals surface area contributed by atoms with Crippen LogP contribution in [0.1, 0.15) is 32.8 Å². The molecule has 1 saturated carbocycles. The van der Waals surface area contributed by atoms with Gasteiger partial charge in [-0.15, -0.1) is 0 Å². The first-order valence-corrected chi connectivity index (χ1v) is 9.53. The van der Waals surface area contributed by atoms with Crippen LogP contribution >= 0.6 is 0 Å². The SMILES string of the molecule is CN(C)c1ccc(CCNc2ncc(C#N)c(N[C@@H]3C[C@H](O)C3(C)C)n2)cc1.[HH]. The van der Waals surface area contributed by atoms with Crippen LogP contribution in [-0.2, 0) is 6.42 Å². The molecule has 0 saturated heterocycles. The Morgan fingerprint density at radius 3 is 2.61 bits per heavy atom. The van der Waals surface area contributed by atoms with E-state index in [1.165, 1.54) is 17.4 Å². The van der Waals surface area contributed by atoms with Gasteiger partial charge < -0.3 is 20.6 Å². The minimum Gasteiger partial charge on any atom is -0.392 e. The van der Waals surface area contributed by atoms with Crippen LogP contribution in [0.4, 0.5) is 17.5 Å². The molecule has 0 bridgehead atoms. The Morgan fingerprint density at radius 2 is 2.04 bits per heavy atom. The molecule has 2 aromatic rings. The molecule has 7 heteroatoms. The second-order valence-corrected chi connectivity index (χ2v) is 8.08. The molecule has 1 heterocycles. The van der Waals surface area contributed by atoms with Gasteiger partial charge in [-0.25, -0.2) is 4.98 Å². The largest absolute Gasteiger partial charge is 0.392 e. The molecular weight excluding hydrogens is 352 g/mol. The number of nitrogens with zero attached hydrogens (tertiary/aromatic N) is 4. The van der Waals surface area contributed by atoms with Crippen molar-refractivity contribution in [1.82, 2.24) is 9.97 Å². The predicted octanol–water partition coefficient (Wildman–Crippen LogP) is 2.89. The third kappa shape index (κ3) is 4.18. The van der Waals surface area contributed by atoms with Crippen LogP contribution in [0, 0.1) is 16.7 Å². The Labute approximate surface area is 167 Å². The first kappa shape index (κ1) is 19.9. The summed E-state index contributed by atoms with van der Waals surface area (Å²) in [5.41, 5.74) is 2.56. The summed E-state index contributed by atoms with van der Waals surface area (Å²) in [6, 6.07) is 10.6. The van der Waals surface area contributed by atoms with Crippen molar-refractivity contribution in [1.29, 1.82) is 5.26 Å². The summed E-state index contributed by atoms with van der Waals surface area (Å²) in [4.78, 5) is 10.8. The van der Waals surface area contributed by atoms with Gasteiger partial charge in [-0.2, -0.15) is 10.2 Å². The number of anilines is 3. The van der Waals surface area contributed by atoms with Crippen LogP contribution in [-0.4, -0.2) is 47.9 Å². The zero-order valence-electron chi connectivity index (χ0n) is 16.9. The molecule has 0 amide bonds. The number of benzene rings is 1. The van der Waals surface area contributed by atoms with E-state index in [0.717, 1.165) is 6.42 Å². The average molecular weight is 383 g/mol. The van der Waals surface area contributed by atoms with E-state index < -0.39 is 0 Å². The van der Waals surface area contributed by atoms with Crippen molar-refractivity contribution in [2.45, 2.75) is 38.8 Å². The maximum atomic E-state index is 9.92. The monoisotopic (exact) mass is 382 g/mol. The third-order valence-corrected chi connectivity index (χ3v) is 5.59. The highest BCUT2D eigenvalue weighted by atomic mass is 16.3. The summed E-state index contributed by atoms with van der Waals surface area (Å²) in [5.74, 6) is 1.00. The van der Waals surface area contributed by atoms with Gasteiger partial charge in [0.05, 0.1) is 12.3 Å². The normalized spacial score (nSPS) is 20.0. The fourth-order valence-corrected chi connectivity index (χ4v) is 3.25. The molecule has 0 spiro atoms. The van der Waals surface area contributed by atoms with Crippen LogP contribution in [0.15, 0.2) is 30.5 Å². The molecule has 28 heavy (non-hydrogen) atoms. The van der Waals surface area contributed by atoms with Crippen molar-refractivity contribution in [3.05, 3.63) is 41.6 Å². The lowest BCUT2D eigenvalue weighted by atomic mass is 9.64. The number of aliphatic hydroxyl groups is 1. The molecule has 0 aliphatic heterocycles. The van der Waals surface area contributed by atoms with Gasteiger partial charge in [-0.1, -0.05) is 26.0 Å². The van der Waals surface area contributed by atoms with Crippen LogP contribution in [0.25, 0.3) is 0 Å². The van der Waals surface area contributed by atoms with E-state index in [0.29, 0.717) is 30.3 Å². The molecule has 2 atom stereocenters. The van der Waals surface area contributed by atoms with E-state index in [1.807, 2.05) is 27.9 Å². The van der Waals surface area contributed by atoms with E-state index in [1.54, 1.807) is 0 Å². The highest BCUT2D eigenvalue weighted by Gasteiger charge is 2.47. The lowest BCUT2D eigenvalue weighted by molar-refractivity contribution is -0.0511. The predicted molar refractivity (Wildman–Crippen MR) is 114 cm³/mol. The minimum absolute atomic E-state index is 0. The second kappa shape index (κ2) is 8.03. The lowest BCUT2D eigenvalue weighted by Crippen LogP contribution is -2.57. The Morgan fingerprint density at radius 1 is 1.32 bits per heavy atom. The summed E-state index contributed by atoms with van der Waals surface area (Å²) in [6.45, 7) is 4.71. The van der Waals surface area contributed by atoms with Gasteiger partial charge in [0.25, 0.3) is 0 Å². The fraction of sp³-hybridized carbons (Fsp3) is 0.476. The van der Waals surface area contributed by atoms with Gasteiger partial charge in [0, 0.05) is 39.2 Å². The molecule has 150 valence electrons. The van der Waals surface area contributed by atoms with Crippen molar-refractivity contribution in [3.8, 4) is 6.07 Å². The number of aromatic nitrogens is 2. The van der Waals surface area contributed by atoms with Crippen molar-refractivity contribution >= 4 is 17.5 Å². The van der Waals surface area contributed by atoms with E-state index in [9.17, 15) is 10.4 Å². The maximum Gasteiger partial charge on any atom is 0.224 e. The number of nitriles is 1. The Hall–Kier alpha value is -2.85. The van der Waals surface area contributed by atoms with Crippen LogP contribution in [0.2, 0.25) is 0 Å². The molecule has 0 radical (unpaired) electrons. The summed E-state index contributed by atoms with van der Waals surface area (Å²) in [5, 5.41) is 25.8. The summed E-state index contributed by atoms with van der Waals surface area (Å²) in [7, 11) is 4.05. The molecule has 1 aromatic carbocycles. The number of aliphatic hydroxyl groups excluding tert-OH is 1. The number of hydrogen-bond acceptors (Lipinski definition) is 7. The fourth-order valence-electron chi connectivity index (χ4n) is 3.25. The lowest BCUT2D eigenvalue weighted by Gasteiger charge is -2.49. The summed E-state index contributed by atoms with van der Waals surface area (Å²) < 4.78 is 0. The molecule has 7 nitrogen and oxygen atoms in total. The smallest absolute Gasteiger partial charge is 0.224 e. The Balaban J connectivity index is 0.00000300. The van der Waals surface area contributed by atoms with E-state index in [2.05, 4.69) is 55.8 Å². The zero-order chi connectivity index (χ0) is 20.3. The topological polar surface area (TPSA) is 97.1 Å². The zero-order valence-corrected chi connectivity index (χ0v) is 16.9. The van der Waals surface area contributed by atoms with Crippen molar-refractivity contribution in [2.24, 2.45) is 5.41 Å². The summed E-state index contributed by atoms with van der Waals surface area (Å²) >= 11 is 0. The van der Waals surface area contributed by atoms with Crippen molar-refractivity contribution in [2.75, 3.05) is 36.2 Å². The molecule has 1 aliphatic rings. The first-order chi connectivity index (χ1) is 13.3. The molecule has 1 aromatic heterocycles. The van der Waals surface area contributed by atoms with Crippen LogP contribution in [0.5, 0.6) is 0 Å². The van der Waals surface area contributed by atoms with Gasteiger partial charge in [-0.3, -0.25) is 0 Å². The minimum atomic E-state index is -0.339. The summed E-state index contributed by atoms with van der Waals surface area (Å²) in [6.07, 6.45) is 2.69. The van der Waals surface area contributed by atoms with Crippen molar-refractivity contribution in [3.63, 3.8) is 0 Å². The van der Waals surface area contributed by atoms with Gasteiger partial charge >= 0.3 is 0 Å². The second-order valence-electron chi connectivity index (χ2n) is 8.08. The standard InChI is InChI=1S/C21H28N6O.H2/c1-21(2)17(11-18(21)28)25-19-15(12-22)13-24-20(26-19)23-10-9-14-5-7-16(8-6-14)27(3)4;/h5-8,13,17-18,28H,9-11H2,1-4H3,(H2,23,24,25,26);1H/t17-,18+;/m1./s1. The molecular formula is C21H30N6O. The van der Waals surface area contributed by atoms with Crippen LogP contribution < -0.4 is 15.5 Å². The molecule has 1 fully saturated rings. The number of rotatable bonds is 7. The molecule has 1 aliphatic carbocycles. The molecule has 0 unspecified atom stereocenters. The molecule has 3 N–H and O–H groups in total. The average Bonchev–Trinajstić information content (AvgIpc) is 2.68. The van der Waals surface area contributed by atoms with Gasteiger partial charge in [-0.05, 0) is 30.5 Å². The van der Waals surface area contributed by atoms with Gasteiger partial charge in [0.1, 0.15) is 17.5 Å². The Bertz CT molecular complexity index is 862. The van der Waals surface area contributed by atoms with Gasteiger partial charge in [0.2, 0.25) is 5.95 Å². The van der Waals surface area contributed by atoms with E-state index in [-0.39, 0.29) is 19.0 Å². The Kier molecular flexibility index (Phi) is 5.71. The third-order valence-electron chi connectivity index (χ3n) is 5.59.